The molecule has 1 atom stereocenters. The van der Waals surface area contributed by atoms with Gasteiger partial charge in [-0.15, -0.1) is 0 Å². The number of benzene rings is 3. The third-order valence-corrected chi connectivity index (χ3v) is 4.90. The van der Waals surface area contributed by atoms with E-state index in [0.717, 1.165) is 12.0 Å². The van der Waals surface area contributed by atoms with Crippen molar-refractivity contribution in [1.29, 1.82) is 0 Å². The summed E-state index contributed by atoms with van der Waals surface area (Å²) in [6.45, 7) is 0.552. The fourth-order valence-corrected chi connectivity index (χ4v) is 3.45. The van der Waals surface area contributed by atoms with Crippen molar-refractivity contribution in [3.63, 3.8) is 0 Å². The fourth-order valence-electron chi connectivity index (χ4n) is 3.45. The normalized spacial score (nSPS) is 15.4. The summed E-state index contributed by atoms with van der Waals surface area (Å²) >= 11 is 0. The molecule has 1 heterocycles. The average Bonchev–Trinajstić information content (AvgIpc) is 3.03. The van der Waals surface area contributed by atoms with E-state index in [4.69, 9.17) is 0 Å². The van der Waals surface area contributed by atoms with Gasteiger partial charge in [0.15, 0.2) is 0 Å². The van der Waals surface area contributed by atoms with Crippen LogP contribution in [0.15, 0.2) is 84.9 Å². The SMILES string of the molecule is O=C(NN[C@@H]1c2ccccc2C(=O)N1CCc1ccccc1)c1ccccc1. The Morgan fingerprint density at radius 2 is 1.50 bits per heavy atom. The van der Waals surface area contributed by atoms with Crippen LogP contribution in [0.2, 0.25) is 0 Å². The summed E-state index contributed by atoms with van der Waals surface area (Å²) in [5.41, 5.74) is 9.07. The molecule has 0 spiro atoms. The van der Waals surface area contributed by atoms with E-state index >= 15 is 0 Å². The third-order valence-electron chi connectivity index (χ3n) is 4.90. The lowest BCUT2D eigenvalue weighted by Crippen LogP contribution is -2.46. The lowest BCUT2D eigenvalue weighted by Gasteiger charge is -2.26. The van der Waals surface area contributed by atoms with Gasteiger partial charge in [0.1, 0.15) is 6.17 Å². The number of hydrogen-bond donors (Lipinski definition) is 2. The molecule has 3 aromatic rings. The van der Waals surface area contributed by atoms with Crippen LogP contribution < -0.4 is 10.9 Å². The van der Waals surface area contributed by atoms with Gasteiger partial charge in [-0.2, -0.15) is 0 Å². The molecule has 0 fully saturated rings. The van der Waals surface area contributed by atoms with Crippen LogP contribution in [0.3, 0.4) is 0 Å². The van der Waals surface area contributed by atoms with Gasteiger partial charge in [-0.1, -0.05) is 66.7 Å². The summed E-state index contributed by atoms with van der Waals surface area (Å²) in [5.74, 6) is -0.265. The van der Waals surface area contributed by atoms with Crippen LogP contribution in [0.5, 0.6) is 0 Å². The van der Waals surface area contributed by atoms with Crippen molar-refractivity contribution in [2.75, 3.05) is 6.54 Å². The highest BCUT2D eigenvalue weighted by molar-refractivity contribution is 5.99. The minimum absolute atomic E-state index is 0.0296. The molecule has 0 radical (unpaired) electrons. The van der Waals surface area contributed by atoms with Crippen LogP contribution in [0, 0.1) is 0 Å². The molecule has 0 aromatic heterocycles. The largest absolute Gasteiger partial charge is 0.317 e. The monoisotopic (exact) mass is 371 g/mol. The van der Waals surface area contributed by atoms with Crippen molar-refractivity contribution in [2.45, 2.75) is 12.6 Å². The van der Waals surface area contributed by atoms with Gasteiger partial charge in [0.05, 0.1) is 0 Å². The van der Waals surface area contributed by atoms with Crippen LogP contribution in [0.1, 0.15) is 38.0 Å². The van der Waals surface area contributed by atoms with Gasteiger partial charge < -0.3 is 4.90 Å². The van der Waals surface area contributed by atoms with E-state index in [1.165, 1.54) is 5.56 Å². The van der Waals surface area contributed by atoms with E-state index in [-0.39, 0.29) is 11.8 Å². The van der Waals surface area contributed by atoms with Crippen molar-refractivity contribution in [1.82, 2.24) is 15.8 Å². The molecule has 0 aliphatic carbocycles. The molecule has 5 heteroatoms. The van der Waals surface area contributed by atoms with Crippen LogP contribution in [0.25, 0.3) is 0 Å². The number of nitrogens with one attached hydrogen (secondary N) is 2. The lowest BCUT2D eigenvalue weighted by molar-refractivity contribution is 0.0659. The first kappa shape index (κ1) is 17.9. The smallest absolute Gasteiger partial charge is 0.265 e. The Kier molecular flexibility index (Phi) is 5.17. The number of rotatable bonds is 6. The van der Waals surface area contributed by atoms with E-state index in [1.807, 2.05) is 72.8 Å². The average molecular weight is 371 g/mol. The number of amides is 2. The zero-order valence-corrected chi connectivity index (χ0v) is 15.3. The summed E-state index contributed by atoms with van der Waals surface area (Å²) in [6.07, 6.45) is 0.339. The zero-order valence-electron chi connectivity index (χ0n) is 15.3. The van der Waals surface area contributed by atoms with Gasteiger partial charge in [-0.05, 0) is 30.2 Å². The maximum Gasteiger partial charge on any atom is 0.265 e. The van der Waals surface area contributed by atoms with Gasteiger partial charge in [0.2, 0.25) is 0 Å². The molecule has 1 aliphatic heterocycles. The predicted molar refractivity (Wildman–Crippen MR) is 107 cm³/mol. The standard InChI is InChI=1S/C23H21N3O2/c27-22(18-11-5-2-6-12-18)25-24-21-19-13-7-8-14-20(19)23(28)26(21)16-15-17-9-3-1-4-10-17/h1-14,21,24H,15-16H2,(H,25,27)/t21-/m0/s1. The van der Waals surface area contributed by atoms with Crippen LogP contribution in [-0.4, -0.2) is 23.3 Å². The Morgan fingerprint density at radius 1 is 0.857 bits per heavy atom. The molecule has 2 N–H and O–H groups in total. The van der Waals surface area contributed by atoms with E-state index in [9.17, 15) is 9.59 Å². The molecule has 3 aromatic carbocycles. The molecule has 1 aliphatic rings. The van der Waals surface area contributed by atoms with Gasteiger partial charge in [0, 0.05) is 23.2 Å². The van der Waals surface area contributed by atoms with Crippen molar-refractivity contribution >= 4 is 11.8 Å². The first-order chi connectivity index (χ1) is 13.7. The van der Waals surface area contributed by atoms with E-state index in [0.29, 0.717) is 17.7 Å². The van der Waals surface area contributed by atoms with E-state index in [1.54, 1.807) is 17.0 Å². The third kappa shape index (κ3) is 3.66. The minimum atomic E-state index is -0.403. The molecule has 0 saturated carbocycles. The highest BCUT2D eigenvalue weighted by Gasteiger charge is 2.36. The lowest BCUT2D eigenvalue weighted by atomic mass is 10.1. The van der Waals surface area contributed by atoms with E-state index < -0.39 is 6.17 Å². The first-order valence-corrected chi connectivity index (χ1v) is 9.29. The Labute approximate surface area is 164 Å². The number of carbonyl (C=O) groups excluding carboxylic acids is 2. The Hall–Kier alpha value is -3.44. The van der Waals surface area contributed by atoms with Crippen molar-refractivity contribution < 1.29 is 9.59 Å². The highest BCUT2D eigenvalue weighted by Crippen LogP contribution is 2.31. The van der Waals surface area contributed by atoms with Crippen LogP contribution in [0.4, 0.5) is 0 Å². The molecule has 0 saturated heterocycles. The second-order valence-electron chi connectivity index (χ2n) is 6.69. The number of fused-ring (bicyclic) bond motifs is 1. The van der Waals surface area contributed by atoms with Crippen molar-refractivity contribution in [3.8, 4) is 0 Å². The van der Waals surface area contributed by atoms with Gasteiger partial charge in [-0.3, -0.25) is 15.0 Å². The highest BCUT2D eigenvalue weighted by atomic mass is 16.2. The molecule has 2 amide bonds. The molecule has 0 bridgehead atoms. The fraction of sp³-hybridized carbons (Fsp3) is 0.130. The summed E-state index contributed by atoms with van der Waals surface area (Å²) in [4.78, 5) is 27.1. The second-order valence-corrected chi connectivity index (χ2v) is 6.69. The van der Waals surface area contributed by atoms with Crippen molar-refractivity contribution in [2.24, 2.45) is 0 Å². The maximum absolute atomic E-state index is 12.9. The summed E-state index contributed by atoms with van der Waals surface area (Å²) in [6, 6.07) is 26.6. The molecule has 28 heavy (non-hydrogen) atoms. The summed E-state index contributed by atoms with van der Waals surface area (Å²) in [5, 5.41) is 0. The molecular weight excluding hydrogens is 350 g/mol. The van der Waals surface area contributed by atoms with E-state index in [2.05, 4.69) is 10.9 Å². The Bertz CT molecular complexity index is 973. The van der Waals surface area contributed by atoms with Crippen molar-refractivity contribution in [3.05, 3.63) is 107 Å². The maximum atomic E-state index is 12.9. The van der Waals surface area contributed by atoms with Crippen LogP contribution in [-0.2, 0) is 6.42 Å². The molecular formula is C23H21N3O2. The van der Waals surface area contributed by atoms with Gasteiger partial charge in [-0.25, -0.2) is 5.43 Å². The molecule has 4 rings (SSSR count). The number of hydrazine groups is 1. The quantitative estimate of drug-likeness (QED) is 0.654. The molecule has 0 unspecified atom stereocenters. The predicted octanol–water partition coefficient (Wildman–Crippen LogP) is 3.32. The Morgan fingerprint density at radius 3 is 2.25 bits per heavy atom. The number of hydrogen-bond acceptors (Lipinski definition) is 3. The summed E-state index contributed by atoms with van der Waals surface area (Å²) in [7, 11) is 0. The molecule has 5 nitrogen and oxygen atoms in total. The number of nitrogens with zero attached hydrogens (tertiary/aromatic N) is 1. The number of carbonyl (C=O) groups is 2. The Balaban J connectivity index is 1.51. The topological polar surface area (TPSA) is 61.4 Å². The summed E-state index contributed by atoms with van der Waals surface area (Å²) < 4.78 is 0. The van der Waals surface area contributed by atoms with Gasteiger partial charge in [0.25, 0.3) is 11.8 Å². The first-order valence-electron chi connectivity index (χ1n) is 9.29. The van der Waals surface area contributed by atoms with Gasteiger partial charge >= 0.3 is 0 Å². The zero-order chi connectivity index (χ0) is 19.3. The molecule has 140 valence electrons. The minimum Gasteiger partial charge on any atom is -0.317 e. The van der Waals surface area contributed by atoms with Crippen LogP contribution >= 0.6 is 0 Å². The second kappa shape index (κ2) is 8.06.